The largest absolute Gasteiger partial charge is 0.435 e. The van der Waals surface area contributed by atoms with Gasteiger partial charge in [0.25, 0.3) is 17.7 Å². The second-order valence-corrected chi connectivity index (χ2v) is 12.2. The second kappa shape index (κ2) is 12.3. The third-order valence-electron chi connectivity index (χ3n) is 5.89. The number of aromatic nitrogens is 3. The summed E-state index contributed by atoms with van der Waals surface area (Å²) in [6, 6.07) is 6.38. The Labute approximate surface area is 237 Å². The molecule has 41 heavy (non-hydrogen) atoms. The van der Waals surface area contributed by atoms with E-state index in [1.54, 1.807) is 19.1 Å². The Morgan fingerprint density at radius 3 is 2.44 bits per heavy atom. The SMILES string of the molecule is Cc1cccnc1-n1nc(C(F)(F)F)cc1C(=O)Nc1c(C)cc(Cl)cc1C(=O)NCC(C)S(C)(=O)=NC(=O)CF. The Kier molecular flexibility index (Phi) is 9.54. The molecule has 2 unspecified atom stereocenters. The van der Waals surface area contributed by atoms with Crippen LogP contribution in [-0.4, -0.2) is 61.4 Å². The number of anilines is 1. The minimum atomic E-state index is -4.86. The molecule has 0 aliphatic carbocycles. The van der Waals surface area contributed by atoms with Gasteiger partial charge in [0.05, 0.1) is 26.2 Å². The number of amides is 3. The fourth-order valence-electron chi connectivity index (χ4n) is 3.61. The zero-order valence-corrected chi connectivity index (χ0v) is 23.7. The van der Waals surface area contributed by atoms with Crippen molar-refractivity contribution in [1.29, 1.82) is 0 Å². The van der Waals surface area contributed by atoms with Crippen LogP contribution in [0.25, 0.3) is 5.82 Å². The van der Waals surface area contributed by atoms with Gasteiger partial charge in [0.2, 0.25) is 0 Å². The first-order valence-corrected chi connectivity index (χ1v) is 14.2. The van der Waals surface area contributed by atoms with Gasteiger partial charge in [-0.2, -0.15) is 22.6 Å². The lowest BCUT2D eigenvalue weighted by molar-refractivity contribution is -0.141. The van der Waals surface area contributed by atoms with Gasteiger partial charge in [-0.3, -0.25) is 14.4 Å². The van der Waals surface area contributed by atoms with Crippen LogP contribution in [0.15, 0.2) is 40.9 Å². The van der Waals surface area contributed by atoms with Crippen molar-refractivity contribution < 1.29 is 36.2 Å². The van der Waals surface area contributed by atoms with E-state index in [-0.39, 0.29) is 28.6 Å². The minimum absolute atomic E-state index is 0.00671. The Hall–Kier alpha value is -3.85. The van der Waals surface area contributed by atoms with E-state index in [0.717, 1.165) is 10.9 Å². The molecule has 1 aromatic carbocycles. The second-order valence-electron chi connectivity index (χ2n) is 9.07. The van der Waals surface area contributed by atoms with Gasteiger partial charge in [-0.1, -0.05) is 17.7 Å². The number of carbonyl (C=O) groups excluding carboxylic acids is 3. The third kappa shape index (κ3) is 7.47. The highest BCUT2D eigenvalue weighted by Crippen LogP contribution is 2.31. The van der Waals surface area contributed by atoms with Crippen LogP contribution in [0.3, 0.4) is 0 Å². The molecular weight excluding hydrogens is 592 g/mol. The van der Waals surface area contributed by atoms with E-state index in [1.165, 1.54) is 32.2 Å². The van der Waals surface area contributed by atoms with E-state index in [4.69, 9.17) is 11.6 Å². The standard InChI is InChI=1S/C25H25ClF4N6O4S/c1-13-6-5-7-31-22(13)36-18(10-19(34-36)25(28,29)30)24(39)33-21-14(2)8-16(26)9-17(21)23(38)32-12-15(3)41(4,40)35-20(37)11-27/h5-10,15H,11-12H2,1-4H3,(H,32,38)(H,33,39). The Balaban J connectivity index is 1.97. The number of halogens is 5. The molecule has 0 aliphatic heterocycles. The molecular formula is C25H25ClF4N6O4S. The summed E-state index contributed by atoms with van der Waals surface area (Å²) >= 11 is 6.13. The van der Waals surface area contributed by atoms with Crippen LogP contribution in [0.1, 0.15) is 44.6 Å². The first-order valence-electron chi connectivity index (χ1n) is 11.8. The molecule has 2 N–H and O–H groups in total. The number of nitrogens with zero attached hydrogens (tertiary/aromatic N) is 4. The average molecular weight is 617 g/mol. The van der Waals surface area contributed by atoms with Gasteiger partial charge < -0.3 is 10.6 Å². The predicted octanol–water partition coefficient (Wildman–Crippen LogP) is 4.52. The molecule has 0 bridgehead atoms. The summed E-state index contributed by atoms with van der Waals surface area (Å²) in [6.07, 6.45) is -2.38. The van der Waals surface area contributed by atoms with Crippen LogP contribution in [0.5, 0.6) is 0 Å². The van der Waals surface area contributed by atoms with Crippen LogP contribution >= 0.6 is 11.6 Å². The summed E-state index contributed by atoms with van der Waals surface area (Å²) in [4.78, 5) is 41.8. The zero-order chi connectivity index (χ0) is 30.7. The van der Waals surface area contributed by atoms with Crippen molar-refractivity contribution >= 4 is 44.7 Å². The zero-order valence-electron chi connectivity index (χ0n) is 22.2. The Bertz CT molecular complexity index is 1630. The highest BCUT2D eigenvalue weighted by molar-refractivity contribution is 7.93. The summed E-state index contributed by atoms with van der Waals surface area (Å²) in [5, 5.41) is 7.77. The van der Waals surface area contributed by atoms with Crippen LogP contribution in [0, 0.1) is 13.8 Å². The highest BCUT2D eigenvalue weighted by Gasteiger charge is 2.36. The first kappa shape index (κ1) is 31.7. The Morgan fingerprint density at radius 1 is 1.15 bits per heavy atom. The van der Waals surface area contributed by atoms with Crippen molar-refractivity contribution in [2.45, 2.75) is 32.2 Å². The van der Waals surface area contributed by atoms with E-state index in [9.17, 15) is 36.2 Å². The molecule has 0 aliphatic rings. The number of rotatable bonds is 8. The summed E-state index contributed by atoms with van der Waals surface area (Å²) in [5.74, 6) is -3.01. The molecule has 3 amide bonds. The number of benzene rings is 1. The number of hydrogen-bond donors (Lipinski definition) is 2. The van der Waals surface area contributed by atoms with Gasteiger partial charge in [0.1, 0.15) is 5.69 Å². The third-order valence-corrected chi connectivity index (χ3v) is 8.34. The number of aryl methyl sites for hydroxylation is 2. The van der Waals surface area contributed by atoms with E-state index < -0.39 is 56.9 Å². The number of nitrogens with one attached hydrogen (secondary N) is 2. The van der Waals surface area contributed by atoms with Crippen LogP contribution < -0.4 is 10.6 Å². The normalized spacial score (nSPS) is 13.7. The maximum Gasteiger partial charge on any atom is 0.435 e. The number of alkyl halides is 4. The average Bonchev–Trinajstić information content (AvgIpc) is 3.34. The molecule has 2 heterocycles. The van der Waals surface area contributed by atoms with Crippen LogP contribution in [0.4, 0.5) is 23.2 Å². The number of carbonyl (C=O) groups is 3. The minimum Gasteiger partial charge on any atom is -0.351 e. The maximum absolute atomic E-state index is 13.5. The summed E-state index contributed by atoms with van der Waals surface area (Å²) in [6.45, 7) is 2.86. The van der Waals surface area contributed by atoms with Crippen LogP contribution in [-0.2, 0) is 20.7 Å². The first-order chi connectivity index (χ1) is 19.0. The molecule has 2 aromatic heterocycles. The lowest BCUT2D eigenvalue weighted by atomic mass is 10.1. The van der Waals surface area contributed by atoms with Gasteiger partial charge in [-0.25, -0.2) is 18.3 Å². The molecule has 220 valence electrons. The van der Waals surface area contributed by atoms with Crippen molar-refractivity contribution in [2.24, 2.45) is 4.36 Å². The summed E-state index contributed by atoms with van der Waals surface area (Å²) < 4.78 is 69.9. The van der Waals surface area contributed by atoms with E-state index in [1.807, 2.05) is 0 Å². The topological polar surface area (TPSA) is 135 Å². The number of hydrogen-bond acceptors (Lipinski definition) is 6. The lowest BCUT2D eigenvalue weighted by Crippen LogP contribution is -2.35. The van der Waals surface area contributed by atoms with Gasteiger partial charge in [0.15, 0.2) is 18.2 Å². The van der Waals surface area contributed by atoms with Crippen LogP contribution in [0.2, 0.25) is 5.02 Å². The summed E-state index contributed by atoms with van der Waals surface area (Å²) in [7, 11) is -3.21. The Morgan fingerprint density at radius 2 is 1.83 bits per heavy atom. The molecule has 2 atom stereocenters. The van der Waals surface area contributed by atoms with Gasteiger partial charge >= 0.3 is 6.18 Å². The fraction of sp³-hybridized carbons (Fsp3) is 0.320. The van der Waals surface area contributed by atoms with Gasteiger partial charge in [-0.15, -0.1) is 0 Å². The molecule has 16 heteroatoms. The molecule has 3 aromatic rings. The highest BCUT2D eigenvalue weighted by atomic mass is 35.5. The predicted molar refractivity (Wildman–Crippen MR) is 145 cm³/mol. The van der Waals surface area contributed by atoms with Crippen molar-refractivity contribution in [3.05, 3.63) is 69.6 Å². The lowest BCUT2D eigenvalue weighted by Gasteiger charge is -2.17. The molecule has 3 rings (SSSR count). The van der Waals surface area contributed by atoms with E-state index in [2.05, 4.69) is 25.1 Å². The van der Waals surface area contributed by atoms with Crippen molar-refractivity contribution in [3.8, 4) is 5.82 Å². The number of pyridine rings is 1. The molecule has 0 radical (unpaired) electrons. The molecule has 0 fully saturated rings. The van der Waals surface area contributed by atoms with E-state index >= 15 is 0 Å². The molecule has 0 saturated heterocycles. The van der Waals surface area contributed by atoms with Gasteiger partial charge in [0, 0.05) is 30.1 Å². The molecule has 10 nitrogen and oxygen atoms in total. The molecule has 0 spiro atoms. The van der Waals surface area contributed by atoms with E-state index in [0.29, 0.717) is 17.2 Å². The smallest absolute Gasteiger partial charge is 0.351 e. The monoisotopic (exact) mass is 616 g/mol. The fourth-order valence-corrected chi connectivity index (χ4v) is 4.91. The quantitative estimate of drug-likeness (QED) is 0.357. The maximum atomic E-state index is 13.5. The van der Waals surface area contributed by atoms with Crippen molar-refractivity contribution in [1.82, 2.24) is 20.1 Å². The molecule has 0 saturated carbocycles. The van der Waals surface area contributed by atoms with Crippen molar-refractivity contribution in [2.75, 3.05) is 24.8 Å². The van der Waals surface area contributed by atoms with Gasteiger partial charge in [-0.05, 0) is 50.1 Å². The summed E-state index contributed by atoms with van der Waals surface area (Å²) in [5.41, 5.74) is -1.28. The van der Waals surface area contributed by atoms with Crippen molar-refractivity contribution in [3.63, 3.8) is 0 Å².